The quantitative estimate of drug-likeness (QED) is 0.634. The number of hydrogen-bond donors (Lipinski definition) is 1. The van der Waals surface area contributed by atoms with Crippen LogP contribution < -0.4 is 10.1 Å². The van der Waals surface area contributed by atoms with Crippen LogP contribution in [0.5, 0.6) is 5.75 Å². The number of carbonyl (C=O) groups is 1. The number of rotatable bonds is 7. The third-order valence-corrected chi connectivity index (χ3v) is 5.21. The average molecular weight is 410 g/mol. The SMILES string of the molecule is CCn1ncc(C(C)NC(=O)c2ccn(COc3ccc(C(C)(C)C)cc3)n2)c1C. The minimum atomic E-state index is -0.223. The summed E-state index contributed by atoms with van der Waals surface area (Å²) >= 11 is 0. The molecule has 0 aliphatic carbocycles. The standard InChI is InChI=1S/C23H31N5O2/c1-7-28-17(3)20(14-24-28)16(2)25-22(29)21-12-13-27(26-21)15-30-19-10-8-18(9-11-19)23(4,5)6/h8-14,16H,7,15H2,1-6H3,(H,25,29). The second kappa shape index (κ2) is 8.73. The predicted octanol–water partition coefficient (Wildman–Crippen LogP) is 4.23. The Morgan fingerprint density at radius 3 is 2.50 bits per heavy atom. The van der Waals surface area contributed by atoms with Gasteiger partial charge in [0.15, 0.2) is 6.73 Å². The maximum Gasteiger partial charge on any atom is 0.272 e. The van der Waals surface area contributed by atoms with Crippen LogP contribution in [0.15, 0.2) is 42.7 Å². The van der Waals surface area contributed by atoms with Gasteiger partial charge in [0.2, 0.25) is 0 Å². The van der Waals surface area contributed by atoms with Gasteiger partial charge in [-0.05, 0) is 49.9 Å². The Hall–Kier alpha value is -3.09. The molecule has 0 bridgehead atoms. The molecule has 1 atom stereocenters. The number of nitrogens with one attached hydrogen (secondary N) is 1. The van der Waals surface area contributed by atoms with Gasteiger partial charge in [0.25, 0.3) is 5.91 Å². The highest BCUT2D eigenvalue weighted by Crippen LogP contribution is 2.24. The summed E-state index contributed by atoms with van der Waals surface area (Å²) in [6.07, 6.45) is 3.55. The van der Waals surface area contributed by atoms with E-state index in [0.29, 0.717) is 5.69 Å². The summed E-state index contributed by atoms with van der Waals surface area (Å²) < 4.78 is 9.32. The summed E-state index contributed by atoms with van der Waals surface area (Å²) in [6, 6.07) is 9.59. The molecule has 0 spiro atoms. The molecule has 7 heteroatoms. The van der Waals surface area contributed by atoms with Crippen molar-refractivity contribution in [2.24, 2.45) is 0 Å². The molecule has 3 rings (SSSR count). The molecule has 0 fully saturated rings. The highest BCUT2D eigenvalue weighted by molar-refractivity contribution is 5.92. The van der Waals surface area contributed by atoms with Crippen molar-refractivity contribution in [1.82, 2.24) is 24.9 Å². The lowest BCUT2D eigenvalue weighted by atomic mass is 9.87. The first-order valence-electron chi connectivity index (χ1n) is 10.3. The molecule has 30 heavy (non-hydrogen) atoms. The maximum absolute atomic E-state index is 12.6. The highest BCUT2D eigenvalue weighted by atomic mass is 16.5. The molecule has 1 unspecified atom stereocenters. The number of amides is 1. The van der Waals surface area contributed by atoms with E-state index in [0.717, 1.165) is 23.6 Å². The zero-order chi connectivity index (χ0) is 21.9. The second-order valence-corrected chi connectivity index (χ2v) is 8.48. The monoisotopic (exact) mass is 409 g/mol. The number of ether oxygens (including phenoxy) is 1. The lowest BCUT2D eigenvalue weighted by Crippen LogP contribution is -2.27. The van der Waals surface area contributed by atoms with Crippen molar-refractivity contribution in [3.05, 3.63) is 65.2 Å². The van der Waals surface area contributed by atoms with Crippen molar-refractivity contribution in [3.63, 3.8) is 0 Å². The van der Waals surface area contributed by atoms with Crippen molar-refractivity contribution in [2.45, 2.75) is 66.3 Å². The van der Waals surface area contributed by atoms with Gasteiger partial charge in [-0.15, -0.1) is 0 Å². The van der Waals surface area contributed by atoms with E-state index in [1.165, 1.54) is 5.56 Å². The summed E-state index contributed by atoms with van der Waals surface area (Å²) in [6.45, 7) is 13.6. The highest BCUT2D eigenvalue weighted by Gasteiger charge is 2.18. The molecule has 0 saturated heterocycles. The van der Waals surface area contributed by atoms with Crippen LogP contribution >= 0.6 is 0 Å². The van der Waals surface area contributed by atoms with E-state index in [9.17, 15) is 4.79 Å². The number of carbonyl (C=O) groups excluding carboxylic acids is 1. The smallest absolute Gasteiger partial charge is 0.272 e. The van der Waals surface area contributed by atoms with Crippen LogP contribution in [0.2, 0.25) is 0 Å². The van der Waals surface area contributed by atoms with Crippen LogP contribution in [-0.2, 0) is 18.7 Å². The van der Waals surface area contributed by atoms with Gasteiger partial charge in [0.1, 0.15) is 11.4 Å². The van der Waals surface area contributed by atoms with Crippen LogP contribution in [0.1, 0.15) is 68.0 Å². The zero-order valence-electron chi connectivity index (χ0n) is 18.6. The van der Waals surface area contributed by atoms with E-state index in [1.54, 1.807) is 23.1 Å². The molecule has 0 radical (unpaired) electrons. The van der Waals surface area contributed by atoms with E-state index in [1.807, 2.05) is 37.6 Å². The summed E-state index contributed by atoms with van der Waals surface area (Å²) in [5.41, 5.74) is 3.78. The molecule has 0 aliphatic heterocycles. The summed E-state index contributed by atoms with van der Waals surface area (Å²) in [7, 11) is 0. The molecule has 2 aromatic heterocycles. The third kappa shape index (κ3) is 4.90. The second-order valence-electron chi connectivity index (χ2n) is 8.48. The fraction of sp³-hybridized carbons (Fsp3) is 0.435. The molecule has 160 valence electrons. The average Bonchev–Trinajstić information content (AvgIpc) is 3.32. The van der Waals surface area contributed by atoms with E-state index in [-0.39, 0.29) is 24.1 Å². The van der Waals surface area contributed by atoms with E-state index in [2.05, 4.69) is 48.4 Å². The van der Waals surface area contributed by atoms with Gasteiger partial charge < -0.3 is 10.1 Å². The molecular formula is C23H31N5O2. The molecule has 1 amide bonds. The fourth-order valence-electron chi connectivity index (χ4n) is 3.30. The Kier molecular flexibility index (Phi) is 6.29. The third-order valence-electron chi connectivity index (χ3n) is 5.21. The van der Waals surface area contributed by atoms with Crippen LogP contribution in [0.3, 0.4) is 0 Å². The van der Waals surface area contributed by atoms with Gasteiger partial charge in [0, 0.05) is 24.0 Å². The Balaban J connectivity index is 1.57. The minimum absolute atomic E-state index is 0.105. The first kappa shape index (κ1) is 21.6. The summed E-state index contributed by atoms with van der Waals surface area (Å²) in [4.78, 5) is 12.6. The molecule has 3 aromatic rings. The van der Waals surface area contributed by atoms with Crippen LogP contribution in [0, 0.1) is 6.92 Å². The van der Waals surface area contributed by atoms with Crippen molar-refractivity contribution in [3.8, 4) is 5.75 Å². The number of aromatic nitrogens is 4. The molecule has 1 aromatic carbocycles. The van der Waals surface area contributed by atoms with E-state index in [4.69, 9.17) is 4.74 Å². The van der Waals surface area contributed by atoms with Gasteiger partial charge in [-0.25, -0.2) is 4.68 Å². The predicted molar refractivity (Wildman–Crippen MR) is 117 cm³/mol. The van der Waals surface area contributed by atoms with Gasteiger partial charge in [0.05, 0.1) is 12.2 Å². The van der Waals surface area contributed by atoms with Crippen LogP contribution in [-0.4, -0.2) is 25.5 Å². The maximum atomic E-state index is 12.6. The van der Waals surface area contributed by atoms with Gasteiger partial charge in [-0.1, -0.05) is 32.9 Å². The van der Waals surface area contributed by atoms with Crippen LogP contribution in [0.25, 0.3) is 0 Å². The van der Waals surface area contributed by atoms with Crippen molar-refractivity contribution < 1.29 is 9.53 Å². The first-order chi connectivity index (χ1) is 14.2. The first-order valence-corrected chi connectivity index (χ1v) is 10.3. The van der Waals surface area contributed by atoms with Crippen molar-refractivity contribution >= 4 is 5.91 Å². The molecule has 7 nitrogen and oxygen atoms in total. The van der Waals surface area contributed by atoms with Gasteiger partial charge in [-0.3, -0.25) is 9.48 Å². The Morgan fingerprint density at radius 2 is 1.90 bits per heavy atom. The Morgan fingerprint density at radius 1 is 1.20 bits per heavy atom. The lowest BCUT2D eigenvalue weighted by molar-refractivity contribution is 0.0932. The molecule has 1 N–H and O–H groups in total. The molecule has 0 saturated carbocycles. The lowest BCUT2D eigenvalue weighted by Gasteiger charge is -2.19. The van der Waals surface area contributed by atoms with Crippen molar-refractivity contribution in [1.29, 1.82) is 0 Å². The van der Waals surface area contributed by atoms with E-state index >= 15 is 0 Å². The molecular weight excluding hydrogens is 378 g/mol. The number of hydrogen-bond acceptors (Lipinski definition) is 4. The Bertz CT molecular complexity index is 996. The normalized spacial score (nSPS) is 12.6. The molecule has 0 aliphatic rings. The number of aryl methyl sites for hydroxylation is 1. The number of benzene rings is 1. The minimum Gasteiger partial charge on any atom is -0.471 e. The van der Waals surface area contributed by atoms with E-state index < -0.39 is 0 Å². The fourth-order valence-corrected chi connectivity index (χ4v) is 3.30. The number of nitrogens with zero attached hydrogens (tertiary/aromatic N) is 4. The topological polar surface area (TPSA) is 74.0 Å². The summed E-state index contributed by atoms with van der Waals surface area (Å²) in [5.74, 6) is 0.543. The molecule has 2 heterocycles. The van der Waals surface area contributed by atoms with Gasteiger partial charge >= 0.3 is 0 Å². The summed E-state index contributed by atoms with van der Waals surface area (Å²) in [5, 5.41) is 11.7. The zero-order valence-corrected chi connectivity index (χ0v) is 18.6. The van der Waals surface area contributed by atoms with Crippen molar-refractivity contribution in [2.75, 3.05) is 0 Å². The largest absolute Gasteiger partial charge is 0.471 e. The Labute approximate surface area is 178 Å². The van der Waals surface area contributed by atoms with Crippen LogP contribution in [0.4, 0.5) is 0 Å². The van der Waals surface area contributed by atoms with Gasteiger partial charge in [-0.2, -0.15) is 10.2 Å².